The molecular weight excluding hydrogens is 402 g/mol. The number of hydrogen-bond acceptors (Lipinski definition) is 5. The van der Waals surface area contributed by atoms with E-state index in [4.69, 9.17) is 4.74 Å². The molecule has 0 atom stereocenters. The molecule has 0 bridgehead atoms. The third kappa shape index (κ3) is 3.45. The number of rotatable bonds is 5. The summed E-state index contributed by atoms with van der Waals surface area (Å²) in [6, 6.07) is 12.7. The number of morpholine rings is 1. The molecule has 1 aliphatic carbocycles. The number of sulfonamides is 1. The van der Waals surface area contributed by atoms with Gasteiger partial charge in [0.1, 0.15) is 0 Å². The Labute approximate surface area is 174 Å². The molecule has 1 aromatic heterocycles. The molecule has 2 aliphatic rings. The van der Waals surface area contributed by atoms with Crippen molar-refractivity contribution in [3.63, 3.8) is 0 Å². The van der Waals surface area contributed by atoms with Crippen LogP contribution in [0, 0.1) is 0 Å². The summed E-state index contributed by atoms with van der Waals surface area (Å²) in [6.45, 7) is 4.05. The van der Waals surface area contributed by atoms with Crippen LogP contribution >= 0.6 is 0 Å². The number of aromatic amines is 1. The van der Waals surface area contributed by atoms with Gasteiger partial charge in [-0.1, -0.05) is 24.3 Å². The highest BCUT2D eigenvalue weighted by Crippen LogP contribution is 2.40. The highest BCUT2D eigenvalue weighted by Gasteiger charge is 2.25. The lowest BCUT2D eigenvalue weighted by molar-refractivity contribution is 0.0390. The lowest BCUT2D eigenvalue weighted by Gasteiger charge is -2.26. The normalized spacial score (nSPS) is 16.5. The van der Waals surface area contributed by atoms with E-state index in [2.05, 4.69) is 14.6 Å². The van der Waals surface area contributed by atoms with Crippen molar-refractivity contribution in [3.05, 3.63) is 64.1 Å². The fraction of sp³-hybridized carbons (Fsp3) is 0.318. The molecule has 0 spiro atoms. The first kappa shape index (κ1) is 19.4. The van der Waals surface area contributed by atoms with E-state index in [1.54, 1.807) is 12.1 Å². The van der Waals surface area contributed by atoms with Gasteiger partial charge in [-0.2, -0.15) is 0 Å². The first-order valence-electron chi connectivity index (χ1n) is 10.1. The topological polar surface area (TPSA) is 91.5 Å². The molecule has 5 rings (SSSR count). The summed E-state index contributed by atoms with van der Waals surface area (Å²) in [7, 11) is -3.60. The van der Waals surface area contributed by atoms with Crippen molar-refractivity contribution in [1.29, 1.82) is 0 Å². The number of pyridine rings is 1. The van der Waals surface area contributed by atoms with Crippen molar-refractivity contribution in [1.82, 2.24) is 14.6 Å². The Kier molecular flexibility index (Phi) is 4.94. The van der Waals surface area contributed by atoms with Crippen molar-refractivity contribution in [2.75, 3.05) is 39.4 Å². The largest absolute Gasteiger partial charge is 0.379 e. The van der Waals surface area contributed by atoms with E-state index in [0.29, 0.717) is 38.1 Å². The SMILES string of the molecule is O=c1[nH]c2c(c3ccccc13)-c1ccc(S(=O)(=O)NCCN3CCOCC3)cc1C2. The molecule has 3 aromatic rings. The second-order valence-corrected chi connectivity index (χ2v) is 9.47. The van der Waals surface area contributed by atoms with Crippen LogP contribution in [0.1, 0.15) is 11.3 Å². The van der Waals surface area contributed by atoms with Crippen LogP contribution in [-0.4, -0.2) is 57.7 Å². The van der Waals surface area contributed by atoms with Crippen LogP contribution in [-0.2, 0) is 21.2 Å². The standard InChI is InChI=1S/C22H23N3O4S/c26-22-19-4-2-1-3-18(19)21-17-6-5-16(13-15(17)14-20(21)24-22)30(27,28)23-7-8-25-9-11-29-12-10-25/h1-6,13,23H,7-12,14H2,(H,24,26). The predicted octanol–water partition coefficient (Wildman–Crippen LogP) is 1.71. The predicted molar refractivity (Wildman–Crippen MR) is 115 cm³/mol. The monoisotopic (exact) mass is 425 g/mol. The quantitative estimate of drug-likeness (QED) is 0.508. The Morgan fingerprint density at radius 2 is 1.83 bits per heavy atom. The second-order valence-electron chi connectivity index (χ2n) is 7.70. The zero-order valence-corrected chi connectivity index (χ0v) is 17.3. The molecule has 0 radical (unpaired) electrons. The molecule has 1 fully saturated rings. The fourth-order valence-electron chi connectivity index (χ4n) is 4.33. The van der Waals surface area contributed by atoms with E-state index in [0.717, 1.165) is 40.9 Å². The summed E-state index contributed by atoms with van der Waals surface area (Å²) < 4.78 is 33.6. The van der Waals surface area contributed by atoms with Crippen LogP contribution < -0.4 is 10.3 Å². The molecule has 7 nitrogen and oxygen atoms in total. The Bertz CT molecular complexity index is 1280. The average Bonchev–Trinajstić information content (AvgIpc) is 3.12. The van der Waals surface area contributed by atoms with E-state index in [9.17, 15) is 13.2 Å². The molecule has 0 saturated carbocycles. The smallest absolute Gasteiger partial charge is 0.256 e. The number of ether oxygens (including phenoxy) is 1. The van der Waals surface area contributed by atoms with Crippen molar-refractivity contribution < 1.29 is 13.2 Å². The number of H-pyrrole nitrogens is 1. The second kappa shape index (κ2) is 7.63. The third-order valence-corrected chi connectivity index (χ3v) is 7.31. The molecule has 8 heteroatoms. The molecule has 1 saturated heterocycles. The van der Waals surface area contributed by atoms with Crippen LogP contribution in [0.5, 0.6) is 0 Å². The van der Waals surface area contributed by atoms with Crippen LogP contribution in [0.2, 0.25) is 0 Å². The molecular formula is C22H23N3O4S. The van der Waals surface area contributed by atoms with E-state index < -0.39 is 10.0 Å². The minimum absolute atomic E-state index is 0.116. The zero-order chi connectivity index (χ0) is 20.7. The van der Waals surface area contributed by atoms with Crippen molar-refractivity contribution in [3.8, 4) is 11.1 Å². The van der Waals surface area contributed by atoms with E-state index in [1.165, 1.54) is 0 Å². The summed E-state index contributed by atoms with van der Waals surface area (Å²) in [6.07, 6.45) is 0.516. The van der Waals surface area contributed by atoms with Gasteiger partial charge in [0.25, 0.3) is 5.56 Å². The van der Waals surface area contributed by atoms with Crippen LogP contribution in [0.3, 0.4) is 0 Å². The summed E-state index contributed by atoms with van der Waals surface area (Å²) in [4.78, 5) is 17.8. The first-order valence-corrected chi connectivity index (χ1v) is 11.6. The van der Waals surface area contributed by atoms with Crippen molar-refractivity contribution >= 4 is 20.8 Å². The highest BCUT2D eigenvalue weighted by atomic mass is 32.2. The van der Waals surface area contributed by atoms with E-state index >= 15 is 0 Å². The minimum atomic E-state index is -3.60. The maximum absolute atomic E-state index is 12.8. The van der Waals surface area contributed by atoms with Crippen LogP contribution in [0.15, 0.2) is 52.2 Å². The van der Waals surface area contributed by atoms with Gasteiger partial charge in [-0.15, -0.1) is 0 Å². The highest BCUT2D eigenvalue weighted by molar-refractivity contribution is 7.89. The van der Waals surface area contributed by atoms with Crippen LogP contribution in [0.4, 0.5) is 0 Å². The molecule has 0 unspecified atom stereocenters. The Morgan fingerprint density at radius 3 is 2.63 bits per heavy atom. The summed E-state index contributed by atoms with van der Waals surface area (Å²) in [5.74, 6) is 0. The maximum Gasteiger partial charge on any atom is 0.256 e. The van der Waals surface area contributed by atoms with Gasteiger partial charge >= 0.3 is 0 Å². The molecule has 30 heavy (non-hydrogen) atoms. The molecule has 1 aliphatic heterocycles. The third-order valence-electron chi connectivity index (χ3n) is 5.85. The fourth-order valence-corrected chi connectivity index (χ4v) is 5.40. The first-order chi connectivity index (χ1) is 14.5. The van der Waals surface area contributed by atoms with Gasteiger partial charge in [0, 0.05) is 49.2 Å². The van der Waals surface area contributed by atoms with Crippen molar-refractivity contribution in [2.24, 2.45) is 0 Å². The summed E-state index contributed by atoms with van der Waals surface area (Å²) in [5, 5.41) is 1.54. The average molecular weight is 426 g/mol. The van der Waals surface area contributed by atoms with Gasteiger partial charge in [-0.25, -0.2) is 13.1 Å². The minimum Gasteiger partial charge on any atom is -0.379 e. The summed E-state index contributed by atoms with van der Waals surface area (Å²) >= 11 is 0. The Morgan fingerprint density at radius 1 is 1.07 bits per heavy atom. The summed E-state index contributed by atoms with van der Waals surface area (Å²) in [5.41, 5.74) is 3.60. The maximum atomic E-state index is 12.8. The van der Waals surface area contributed by atoms with Gasteiger partial charge < -0.3 is 9.72 Å². The molecule has 0 amide bonds. The van der Waals surface area contributed by atoms with E-state index in [1.807, 2.05) is 30.3 Å². The van der Waals surface area contributed by atoms with Gasteiger partial charge in [-0.05, 0) is 34.7 Å². The Hall–Kier alpha value is -2.52. The number of nitrogens with zero attached hydrogens (tertiary/aromatic N) is 1. The Balaban J connectivity index is 1.40. The molecule has 2 heterocycles. The van der Waals surface area contributed by atoms with Gasteiger partial charge in [0.05, 0.1) is 18.1 Å². The molecule has 2 N–H and O–H groups in total. The molecule has 156 valence electrons. The zero-order valence-electron chi connectivity index (χ0n) is 16.5. The van der Waals surface area contributed by atoms with E-state index in [-0.39, 0.29) is 10.5 Å². The van der Waals surface area contributed by atoms with Gasteiger partial charge in [0.15, 0.2) is 0 Å². The lowest BCUT2D eigenvalue weighted by atomic mass is 10.0. The van der Waals surface area contributed by atoms with Gasteiger partial charge in [-0.3, -0.25) is 9.69 Å². The van der Waals surface area contributed by atoms with Gasteiger partial charge in [0.2, 0.25) is 10.0 Å². The lowest BCUT2D eigenvalue weighted by Crippen LogP contribution is -2.41. The molecule has 2 aromatic carbocycles. The van der Waals surface area contributed by atoms with Crippen LogP contribution in [0.25, 0.3) is 21.9 Å². The number of benzene rings is 2. The number of aromatic nitrogens is 1. The van der Waals surface area contributed by atoms with Crippen molar-refractivity contribution in [2.45, 2.75) is 11.3 Å². The number of fused-ring (bicyclic) bond motifs is 5. The number of hydrogen-bond donors (Lipinski definition) is 2. The number of nitrogens with one attached hydrogen (secondary N) is 2.